The number of carbonyl (C=O) groups is 1. The maximum Gasteiger partial charge on any atom is 0.262 e. The summed E-state index contributed by atoms with van der Waals surface area (Å²) >= 11 is 0. The van der Waals surface area contributed by atoms with Crippen LogP contribution in [0.4, 0.5) is 5.69 Å². The third-order valence-corrected chi connectivity index (χ3v) is 5.37. The van der Waals surface area contributed by atoms with E-state index in [1.807, 2.05) is 19.9 Å². The van der Waals surface area contributed by atoms with Crippen LogP contribution in [-0.4, -0.2) is 20.9 Å². The van der Waals surface area contributed by atoms with Crippen LogP contribution < -0.4 is 10.0 Å². The molecule has 0 bridgehead atoms. The standard InChI is InChI=1S/C19H24N2O3S/c1-4-5-12-20-19(22)16-8-6-7-9-17(16)21-25(23,24)18-13-14(2)10-11-15(18)3/h6-11,13,21H,4-5,12H2,1-3H3,(H,20,22). The molecule has 25 heavy (non-hydrogen) atoms. The van der Waals surface area contributed by atoms with Gasteiger partial charge in [0, 0.05) is 6.54 Å². The second-order valence-corrected chi connectivity index (χ2v) is 7.68. The molecule has 0 radical (unpaired) electrons. The van der Waals surface area contributed by atoms with Crippen LogP contribution in [0, 0.1) is 13.8 Å². The van der Waals surface area contributed by atoms with E-state index in [0.717, 1.165) is 18.4 Å². The molecule has 0 aliphatic heterocycles. The summed E-state index contributed by atoms with van der Waals surface area (Å²) in [6.45, 7) is 6.19. The highest BCUT2D eigenvalue weighted by molar-refractivity contribution is 7.92. The average Bonchev–Trinajstić information content (AvgIpc) is 2.57. The first-order valence-corrected chi connectivity index (χ1v) is 9.80. The van der Waals surface area contributed by atoms with Gasteiger partial charge in [-0.15, -0.1) is 0 Å². The maximum absolute atomic E-state index is 12.8. The molecule has 0 fully saturated rings. The monoisotopic (exact) mass is 360 g/mol. The summed E-state index contributed by atoms with van der Waals surface area (Å²) in [7, 11) is -3.78. The fraction of sp³-hybridized carbons (Fsp3) is 0.316. The summed E-state index contributed by atoms with van der Waals surface area (Å²) in [5, 5.41) is 2.81. The van der Waals surface area contributed by atoms with Gasteiger partial charge < -0.3 is 5.32 Å². The van der Waals surface area contributed by atoms with Crippen LogP contribution >= 0.6 is 0 Å². The van der Waals surface area contributed by atoms with Gasteiger partial charge in [-0.2, -0.15) is 0 Å². The molecule has 0 aliphatic carbocycles. The number of carbonyl (C=O) groups excluding carboxylic acids is 1. The molecule has 5 nitrogen and oxygen atoms in total. The Morgan fingerprint density at radius 1 is 1.08 bits per heavy atom. The summed E-state index contributed by atoms with van der Waals surface area (Å²) in [5.74, 6) is -0.285. The third kappa shape index (κ3) is 4.82. The first kappa shape index (κ1) is 19.0. The minimum absolute atomic E-state index is 0.216. The van der Waals surface area contributed by atoms with Gasteiger partial charge in [-0.25, -0.2) is 8.42 Å². The molecule has 0 atom stereocenters. The van der Waals surface area contributed by atoms with Crippen LogP contribution in [0.3, 0.4) is 0 Å². The van der Waals surface area contributed by atoms with Gasteiger partial charge in [0.2, 0.25) is 0 Å². The zero-order chi connectivity index (χ0) is 18.4. The van der Waals surface area contributed by atoms with E-state index in [9.17, 15) is 13.2 Å². The zero-order valence-corrected chi connectivity index (χ0v) is 15.6. The van der Waals surface area contributed by atoms with Crippen LogP contribution in [0.1, 0.15) is 41.3 Å². The van der Waals surface area contributed by atoms with Gasteiger partial charge >= 0.3 is 0 Å². The van der Waals surface area contributed by atoms with Crippen LogP contribution in [0.5, 0.6) is 0 Å². The number of hydrogen-bond donors (Lipinski definition) is 2. The van der Waals surface area contributed by atoms with Crippen molar-refractivity contribution in [3.05, 3.63) is 59.2 Å². The minimum Gasteiger partial charge on any atom is -0.352 e. The molecule has 2 aromatic rings. The predicted molar refractivity (Wildman–Crippen MR) is 100 cm³/mol. The van der Waals surface area contributed by atoms with Crippen molar-refractivity contribution >= 4 is 21.6 Å². The Hall–Kier alpha value is -2.34. The van der Waals surface area contributed by atoms with Crippen LogP contribution in [-0.2, 0) is 10.0 Å². The van der Waals surface area contributed by atoms with Crippen molar-refractivity contribution in [3.63, 3.8) is 0 Å². The minimum atomic E-state index is -3.78. The van der Waals surface area contributed by atoms with E-state index < -0.39 is 10.0 Å². The van der Waals surface area contributed by atoms with E-state index >= 15 is 0 Å². The molecular weight excluding hydrogens is 336 g/mol. The van der Waals surface area contributed by atoms with Crippen LogP contribution in [0.2, 0.25) is 0 Å². The van der Waals surface area contributed by atoms with Crippen molar-refractivity contribution in [2.75, 3.05) is 11.3 Å². The highest BCUT2D eigenvalue weighted by Crippen LogP contribution is 2.23. The Morgan fingerprint density at radius 2 is 1.80 bits per heavy atom. The second kappa shape index (κ2) is 8.16. The first-order chi connectivity index (χ1) is 11.8. The fourth-order valence-electron chi connectivity index (χ4n) is 2.44. The number of anilines is 1. The first-order valence-electron chi connectivity index (χ1n) is 8.32. The quantitative estimate of drug-likeness (QED) is 0.740. The van der Waals surface area contributed by atoms with Crippen molar-refractivity contribution < 1.29 is 13.2 Å². The third-order valence-electron chi connectivity index (χ3n) is 3.87. The SMILES string of the molecule is CCCCNC(=O)c1ccccc1NS(=O)(=O)c1cc(C)ccc1C. The van der Waals surface area contributed by atoms with E-state index in [4.69, 9.17) is 0 Å². The van der Waals surface area contributed by atoms with Crippen molar-refractivity contribution in [2.45, 2.75) is 38.5 Å². The number of amides is 1. The van der Waals surface area contributed by atoms with E-state index in [0.29, 0.717) is 17.7 Å². The van der Waals surface area contributed by atoms with E-state index in [1.165, 1.54) is 0 Å². The molecule has 0 saturated carbocycles. The Balaban J connectivity index is 2.31. The lowest BCUT2D eigenvalue weighted by Crippen LogP contribution is -2.26. The van der Waals surface area contributed by atoms with Gasteiger partial charge in [0.05, 0.1) is 16.1 Å². The summed E-state index contributed by atoms with van der Waals surface area (Å²) < 4.78 is 28.1. The number of hydrogen-bond acceptors (Lipinski definition) is 3. The molecule has 2 N–H and O–H groups in total. The number of unbranched alkanes of at least 4 members (excludes halogenated alkanes) is 1. The average molecular weight is 360 g/mol. The Bertz CT molecular complexity index is 861. The summed E-state index contributed by atoms with van der Waals surface area (Å²) in [6, 6.07) is 11.9. The number of aryl methyl sites for hydroxylation is 2. The molecule has 0 unspecified atom stereocenters. The molecule has 1 amide bonds. The molecule has 6 heteroatoms. The molecule has 0 spiro atoms. The number of nitrogens with one attached hydrogen (secondary N) is 2. The summed E-state index contributed by atoms with van der Waals surface area (Å²) in [6.07, 6.45) is 1.85. The van der Waals surface area contributed by atoms with Crippen LogP contribution in [0.25, 0.3) is 0 Å². The molecule has 0 saturated heterocycles. The van der Waals surface area contributed by atoms with E-state index in [2.05, 4.69) is 10.0 Å². The lowest BCUT2D eigenvalue weighted by molar-refractivity contribution is 0.0954. The lowest BCUT2D eigenvalue weighted by atomic mass is 10.1. The molecule has 134 valence electrons. The zero-order valence-electron chi connectivity index (χ0n) is 14.8. The Kier molecular flexibility index (Phi) is 6.20. The van der Waals surface area contributed by atoms with Gasteiger partial charge in [0.15, 0.2) is 0 Å². The topological polar surface area (TPSA) is 75.3 Å². The highest BCUT2D eigenvalue weighted by atomic mass is 32.2. The summed E-state index contributed by atoms with van der Waals surface area (Å²) in [5.41, 5.74) is 2.10. The van der Waals surface area contributed by atoms with Gasteiger partial charge in [-0.3, -0.25) is 9.52 Å². The van der Waals surface area contributed by atoms with E-state index in [-0.39, 0.29) is 16.5 Å². The maximum atomic E-state index is 12.8. The molecule has 2 aromatic carbocycles. The number of para-hydroxylation sites is 1. The predicted octanol–water partition coefficient (Wildman–Crippen LogP) is 3.63. The molecule has 0 heterocycles. The Labute approximate surface area is 149 Å². The van der Waals surface area contributed by atoms with Gasteiger partial charge in [0.25, 0.3) is 15.9 Å². The lowest BCUT2D eigenvalue weighted by Gasteiger charge is -2.14. The largest absolute Gasteiger partial charge is 0.352 e. The van der Waals surface area contributed by atoms with Gasteiger partial charge in [0.1, 0.15) is 0 Å². The number of rotatable bonds is 7. The Morgan fingerprint density at radius 3 is 2.52 bits per heavy atom. The number of sulfonamides is 1. The van der Waals surface area contributed by atoms with Crippen molar-refractivity contribution in [1.82, 2.24) is 5.32 Å². The second-order valence-electron chi connectivity index (χ2n) is 6.03. The number of benzene rings is 2. The molecule has 0 aliphatic rings. The molecule has 0 aromatic heterocycles. The van der Waals surface area contributed by atoms with Crippen molar-refractivity contribution in [1.29, 1.82) is 0 Å². The van der Waals surface area contributed by atoms with Gasteiger partial charge in [-0.05, 0) is 49.6 Å². The van der Waals surface area contributed by atoms with Crippen LogP contribution in [0.15, 0.2) is 47.4 Å². The highest BCUT2D eigenvalue weighted by Gasteiger charge is 2.20. The van der Waals surface area contributed by atoms with Gasteiger partial charge in [-0.1, -0.05) is 37.6 Å². The molecular formula is C19H24N2O3S. The fourth-order valence-corrected chi connectivity index (χ4v) is 3.85. The normalized spacial score (nSPS) is 11.2. The smallest absolute Gasteiger partial charge is 0.262 e. The van der Waals surface area contributed by atoms with E-state index in [1.54, 1.807) is 43.3 Å². The summed E-state index contributed by atoms with van der Waals surface area (Å²) in [4.78, 5) is 12.6. The van der Waals surface area contributed by atoms with Crippen molar-refractivity contribution in [2.24, 2.45) is 0 Å². The molecule has 2 rings (SSSR count). The van der Waals surface area contributed by atoms with Crippen molar-refractivity contribution in [3.8, 4) is 0 Å².